The molecule has 5 nitrogen and oxygen atoms in total. The minimum atomic E-state index is -3.47. The maximum absolute atomic E-state index is 12.8. The molecule has 1 saturated heterocycles. The lowest BCUT2D eigenvalue weighted by molar-refractivity contribution is 0.0134. The molecule has 2 aliphatic rings. The van der Waals surface area contributed by atoms with Crippen LogP contribution < -0.4 is 4.72 Å². The predicted octanol–water partition coefficient (Wildman–Crippen LogP) is 2.59. The van der Waals surface area contributed by atoms with Crippen molar-refractivity contribution in [3.63, 3.8) is 0 Å². The van der Waals surface area contributed by atoms with E-state index in [1.165, 1.54) is 17.5 Å². The number of aryl methyl sites for hydroxylation is 2. The molecule has 1 aromatic carbocycles. The Morgan fingerprint density at radius 2 is 1.81 bits per heavy atom. The molecule has 0 unspecified atom stereocenters. The lowest BCUT2D eigenvalue weighted by atomic mass is 9.92. The van der Waals surface area contributed by atoms with E-state index in [4.69, 9.17) is 4.74 Å². The lowest BCUT2D eigenvalue weighted by Gasteiger charge is -2.35. The van der Waals surface area contributed by atoms with Gasteiger partial charge >= 0.3 is 0 Å². The number of nitrogens with zero attached hydrogens (tertiary/aromatic N) is 1. The highest BCUT2D eigenvalue weighted by molar-refractivity contribution is 7.89. The molecule has 0 radical (unpaired) electrons. The van der Waals surface area contributed by atoms with Crippen molar-refractivity contribution < 1.29 is 13.2 Å². The summed E-state index contributed by atoms with van der Waals surface area (Å²) in [6, 6.07) is 5.85. The highest BCUT2D eigenvalue weighted by atomic mass is 32.2. The second kappa shape index (κ2) is 8.83. The van der Waals surface area contributed by atoms with Gasteiger partial charge in [0.15, 0.2) is 0 Å². The van der Waals surface area contributed by atoms with Gasteiger partial charge < -0.3 is 4.74 Å². The fraction of sp³-hybridized carbons (Fsp3) is 0.700. The lowest BCUT2D eigenvalue weighted by Crippen LogP contribution is -2.49. The number of sulfonamides is 1. The number of hydrogen-bond acceptors (Lipinski definition) is 4. The van der Waals surface area contributed by atoms with Crippen molar-refractivity contribution in [3.05, 3.63) is 29.3 Å². The van der Waals surface area contributed by atoms with Gasteiger partial charge in [0.05, 0.1) is 18.1 Å². The Kier molecular flexibility index (Phi) is 6.72. The Hall–Kier alpha value is -0.950. The molecule has 3 rings (SSSR count). The summed E-state index contributed by atoms with van der Waals surface area (Å²) in [5.41, 5.74) is 2.51. The van der Waals surface area contributed by atoms with Gasteiger partial charge in [-0.2, -0.15) is 0 Å². The molecule has 1 atom stereocenters. The van der Waals surface area contributed by atoms with Crippen LogP contribution in [0.4, 0.5) is 0 Å². The topological polar surface area (TPSA) is 58.6 Å². The van der Waals surface area contributed by atoms with Crippen LogP contribution in [0.5, 0.6) is 0 Å². The zero-order chi connectivity index (χ0) is 18.6. The van der Waals surface area contributed by atoms with Gasteiger partial charge in [-0.3, -0.25) is 4.90 Å². The molecule has 0 spiro atoms. The molecule has 1 fully saturated rings. The number of hydrogen-bond donors (Lipinski definition) is 1. The Balaban J connectivity index is 1.68. The van der Waals surface area contributed by atoms with E-state index in [0.29, 0.717) is 17.4 Å². The van der Waals surface area contributed by atoms with Crippen LogP contribution >= 0.6 is 0 Å². The average molecular weight is 381 g/mol. The van der Waals surface area contributed by atoms with E-state index < -0.39 is 10.0 Å². The van der Waals surface area contributed by atoms with E-state index in [1.54, 1.807) is 6.07 Å². The number of ether oxygens (including phenoxy) is 1. The fourth-order valence-corrected chi connectivity index (χ4v) is 5.14. The Bertz CT molecular complexity index is 697. The normalized spacial score (nSPS) is 20.1. The number of nitrogens with one attached hydrogen (secondary N) is 1. The molecule has 146 valence electrons. The summed E-state index contributed by atoms with van der Waals surface area (Å²) >= 11 is 0. The molecule has 1 N–H and O–H groups in total. The van der Waals surface area contributed by atoms with Crippen LogP contribution in [0.1, 0.15) is 44.2 Å². The number of morpholine rings is 1. The van der Waals surface area contributed by atoms with Gasteiger partial charge in [0, 0.05) is 25.7 Å². The predicted molar refractivity (Wildman–Crippen MR) is 104 cm³/mol. The molecule has 26 heavy (non-hydrogen) atoms. The van der Waals surface area contributed by atoms with E-state index in [-0.39, 0.29) is 6.04 Å². The Morgan fingerprint density at radius 1 is 1.12 bits per heavy atom. The first-order valence-electron chi connectivity index (χ1n) is 9.89. The quantitative estimate of drug-likeness (QED) is 0.790. The first kappa shape index (κ1) is 19.8. The van der Waals surface area contributed by atoms with Crippen molar-refractivity contribution in [2.24, 2.45) is 5.92 Å². The highest BCUT2D eigenvalue weighted by Crippen LogP contribution is 2.24. The van der Waals surface area contributed by atoms with Gasteiger partial charge in [-0.1, -0.05) is 19.9 Å². The van der Waals surface area contributed by atoms with E-state index >= 15 is 0 Å². The molecular weight excluding hydrogens is 348 g/mol. The number of fused-ring (bicyclic) bond motifs is 1. The van der Waals surface area contributed by atoms with E-state index in [2.05, 4.69) is 23.5 Å². The van der Waals surface area contributed by atoms with Crippen LogP contribution in [0.15, 0.2) is 23.1 Å². The second-order valence-electron chi connectivity index (χ2n) is 7.92. The van der Waals surface area contributed by atoms with Gasteiger partial charge in [-0.25, -0.2) is 13.1 Å². The van der Waals surface area contributed by atoms with Crippen LogP contribution in [0.3, 0.4) is 0 Å². The first-order valence-corrected chi connectivity index (χ1v) is 11.4. The van der Waals surface area contributed by atoms with Crippen molar-refractivity contribution in [2.75, 3.05) is 32.8 Å². The Morgan fingerprint density at radius 3 is 2.50 bits per heavy atom. The molecule has 6 heteroatoms. The zero-order valence-corrected chi connectivity index (χ0v) is 16.9. The average Bonchev–Trinajstić information content (AvgIpc) is 2.65. The van der Waals surface area contributed by atoms with Crippen LogP contribution in [-0.2, 0) is 27.6 Å². The van der Waals surface area contributed by atoms with Crippen LogP contribution in [0, 0.1) is 5.92 Å². The molecular formula is C20H32N2O3S. The van der Waals surface area contributed by atoms with Gasteiger partial charge in [-0.05, 0) is 61.3 Å². The molecule has 0 amide bonds. The molecule has 1 aliphatic carbocycles. The van der Waals surface area contributed by atoms with Gasteiger partial charge in [0.1, 0.15) is 0 Å². The summed E-state index contributed by atoms with van der Waals surface area (Å²) in [6.45, 7) is 8.03. The standard InChI is InChI=1S/C20H32N2O3S/c1-16(2)13-19(22-9-11-25-12-10-22)15-21-26(23,24)20-8-7-17-5-3-4-6-18(17)14-20/h7-8,14,16,19,21H,3-6,9-13,15H2,1-2H3/t19-/m0/s1. The fourth-order valence-electron chi connectivity index (χ4n) is 4.01. The van der Waals surface area contributed by atoms with Crippen molar-refractivity contribution in [2.45, 2.75) is 56.9 Å². The first-order chi connectivity index (χ1) is 12.5. The SMILES string of the molecule is CC(C)C[C@@H](CNS(=O)(=O)c1ccc2c(c1)CCCC2)N1CCOCC1. The van der Waals surface area contributed by atoms with E-state index in [9.17, 15) is 8.42 Å². The van der Waals surface area contributed by atoms with Crippen LogP contribution in [-0.4, -0.2) is 52.2 Å². The van der Waals surface area contributed by atoms with Gasteiger partial charge in [0.2, 0.25) is 10.0 Å². The van der Waals surface area contributed by atoms with Crippen molar-refractivity contribution in [3.8, 4) is 0 Å². The zero-order valence-electron chi connectivity index (χ0n) is 16.0. The van der Waals surface area contributed by atoms with E-state index in [0.717, 1.165) is 52.0 Å². The van der Waals surface area contributed by atoms with Crippen molar-refractivity contribution in [1.29, 1.82) is 0 Å². The minimum absolute atomic E-state index is 0.214. The molecule has 1 aliphatic heterocycles. The highest BCUT2D eigenvalue weighted by Gasteiger charge is 2.25. The van der Waals surface area contributed by atoms with Gasteiger partial charge in [-0.15, -0.1) is 0 Å². The van der Waals surface area contributed by atoms with Crippen LogP contribution in [0.2, 0.25) is 0 Å². The maximum Gasteiger partial charge on any atom is 0.240 e. The third-order valence-corrected chi connectivity index (χ3v) is 6.87. The Labute approximate surface area is 158 Å². The summed E-state index contributed by atoms with van der Waals surface area (Å²) in [4.78, 5) is 2.77. The summed E-state index contributed by atoms with van der Waals surface area (Å²) in [5, 5.41) is 0. The minimum Gasteiger partial charge on any atom is -0.379 e. The molecule has 0 aromatic heterocycles. The third kappa shape index (κ3) is 5.06. The number of benzene rings is 1. The monoisotopic (exact) mass is 380 g/mol. The summed E-state index contributed by atoms with van der Waals surface area (Å²) in [7, 11) is -3.47. The smallest absolute Gasteiger partial charge is 0.240 e. The van der Waals surface area contributed by atoms with Crippen LogP contribution in [0.25, 0.3) is 0 Å². The van der Waals surface area contributed by atoms with E-state index in [1.807, 2.05) is 12.1 Å². The molecule has 1 aromatic rings. The van der Waals surface area contributed by atoms with Crippen molar-refractivity contribution in [1.82, 2.24) is 9.62 Å². The summed E-state index contributed by atoms with van der Waals surface area (Å²) < 4.78 is 34.0. The second-order valence-corrected chi connectivity index (χ2v) is 9.69. The maximum atomic E-state index is 12.8. The van der Waals surface area contributed by atoms with Gasteiger partial charge in [0.25, 0.3) is 0 Å². The largest absolute Gasteiger partial charge is 0.379 e. The summed E-state index contributed by atoms with van der Waals surface area (Å²) in [6.07, 6.45) is 5.39. The number of rotatable bonds is 7. The molecule has 0 bridgehead atoms. The molecule has 0 saturated carbocycles. The summed E-state index contributed by atoms with van der Waals surface area (Å²) in [5.74, 6) is 0.524. The van der Waals surface area contributed by atoms with Crippen molar-refractivity contribution >= 4 is 10.0 Å². The third-order valence-electron chi connectivity index (χ3n) is 5.44. The molecule has 1 heterocycles.